The van der Waals surface area contributed by atoms with Gasteiger partial charge < -0.3 is 5.32 Å². The third kappa shape index (κ3) is 2.67. The highest BCUT2D eigenvalue weighted by Gasteiger charge is 2.11. The van der Waals surface area contributed by atoms with Crippen LogP contribution in [0.25, 0.3) is 21.5 Å². The molecular weight excluding hydrogens is 272 g/mol. The smallest absolute Gasteiger partial charge is 0.269 e. The van der Waals surface area contributed by atoms with Crippen LogP contribution in [-0.2, 0) is 0 Å². The van der Waals surface area contributed by atoms with E-state index >= 15 is 0 Å². The van der Waals surface area contributed by atoms with Gasteiger partial charge in [-0.25, -0.2) is 4.98 Å². The number of benzene rings is 2. The second-order valence-electron chi connectivity index (χ2n) is 5.58. The van der Waals surface area contributed by atoms with Gasteiger partial charge in [0.25, 0.3) is 5.91 Å². The van der Waals surface area contributed by atoms with Crippen LogP contribution in [0.15, 0.2) is 42.5 Å². The van der Waals surface area contributed by atoms with Crippen LogP contribution in [0.5, 0.6) is 0 Å². The monoisotopic (exact) mass is 292 g/mol. The van der Waals surface area contributed by atoms with Gasteiger partial charge in [0.05, 0.1) is 0 Å². The fourth-order valence-corrected chi connectivity index (χ4v) is 2.76. The number of carbonyl (C=O) groups excluding carboxylic acids is 1. The molecule has 0 bridgehead atoms. The summed E-state index contributed by atoms with van der Waals surface area (Å²) < 4.78 is 0. The van der Waals surface area contributed by atoms with Crippen molar-refractivity contribution in [3.8, 4) is 0 Å². The van der Waals surface area contributed by atoms with Crippen molar-refractivity contribution in [2.45, 2.75) is 26.7 Å². The Hall–Kier alpha value is -2.42. The Kier molecular flexibility index (Phi) is 4.05. The third-order valence-electron chi connectivity index (χ3n) is 3.98. The van der Waals surface area contributed by atoms with Crippen molar-refractivity contribution in [3.05, 3.63) is 53.9 Å². The molecule has 1 aromatic heterocycles. The molecule has 3 nitrogen and oxygen atoms in total. The van der Waals surface area contributed by atoms with E-state index in [1.807, 2.05) is 25.1 Å². The van der Waals surface area contributed by atoms with Gasteiger partial charge in [-0.2, -0.15) is 0 Å². The van der Waals surface area contributed by atoms with E-state index in [-0.39, 0.29) is 5.91 Å². The van der Waals surface area contributed by atoms with Gasteiger partial charge in [0.2, 0.25) is 0 Å². The predicted octanol–water partition coefficient (Wildman–Crippen LogP) is 4.23. The summed E-state index contributed by atoms with van der Waals surface area (Å²) in [5, 5.41) is 7.47. The lowest BCUT2D eigenvalue weighted by atomic mass is 10.0. The SMILES string of the molecule is CCCCNC(=O)c1cc2c(ccc3ccccc32)c(C)n1. The van der Waals surface area contributed by atoms with Crippen LogP contribution in [0.4, 0.5) is 0 Å². The molecule has 0 aliphatic heterocycles. The highest BCUT2D eigenvalue weighted by atomic mass is 16.1. The molecule has 0 aliphatic carbocycles. The molecule has 3 aromatic rings. The molecule has 0 radical (unpaired) electrons. The number of unbranched alkanes of at least 4 members (excludes halogenated alkanes) is 1. The number of hydrogen-bond donors (Lipinski definition) is 1. The summed E-state index contributed by atoms with van der Waals surface area (Å²) in [4.78, 5) is 16.8. The zero-order valence-electron chi connectivity index (χ0n) is 13.0. The Labute approximate surface area is 130 Å². The topological polar surface area (TPSA) is 42.0 Å². The molecule has 0 saturated heterocycles. The van der Waals surface area contributed by atoms with Crippen molar-refractivity contribution in [2.75, 3.05) is 6.54 Å². The molecule has 1 amide bonds. The zero-order valence-corrected chi connectivity index (χ0v) is 13.0. The maximum atomic E-state index is 12.3. The highest BCUT2D eigenvalue weighted by molar-refractivity contribution is 6.10. The predicted molar refractivity (Wildman–Crippen MR) is 91.2 cm³/mol. The second kappa shape index (κ2) is 6.14. The largest absolute Gasteiger partial charge is 0.351 e. The van der Waals surface area contributed by atoms with Gasteiger partial charge in [0.15, 0.2) is 0 Å². The van der Waals surface area contributed by atoms with E-state index in [0.29, 0.717) is 12.2 Å². The first-order valence-electron chi connectivity index (χ1n) is 7.78. The quantitative estimate of drug-likeness (QED) is 0.577. The molecule has 1 heterocycles. The van der Waals surface area contributed by atoms with Crippen LogP contribution in [0.2, 0.25) is 0 Å². The number of fused-ring (bicyclic) bond motifs is 3. The Balaban J connectivity index is 2.09. The maximum Gasteiger partial charge on any atom is 0.269 e. The third-order valence-corrected chi connectivity index (χ3v) is 3.98. The second-order valence-corrected chi connectivity index (χ2v) is 5.58. The van der Waals surface area contributed by atoms with E-state index in [4.69, 9.17) is 0 Å². The van der Waals surface area contributed by atoms with Crippen molar-refractivity contribution in [1.82, 2.24) is 10.3 Å². The van der Waals surface area contributed by atoms with Crippen LogP contribution in [0.3, 0.4) is 0 Å². The minimum atomic E-state index is -0.0913. The minimum Gasteiger partial charge on any atom is -0.351 e. The van der Waals surface area contributed by atoms with Gasteiger partial charge in [-0.1, -0.05) is 49.7 Å². The fraction of sp³-hybridized carbons (Fsp3) is 0.263. The molecule has 3 rings (SSSR count). The summed E-state index contributed by atoms with van der Waals surface area (Å²) in [6, 6.07) is 14.3. The molecule has 0 unspecified atom stereocenters. The number of aryl methyl sites for hydroxylation is 1. The summed E-state index contributed by atoms with van der Waals surface area (Å²) >= 11 is 0. The van der Waals surface area contributed by atoms with E-state index < -0.39 is 0 Å². The standard InChI is InChI=1S/C19H20N2O/c1-3-4-11-20-19(22)18-12-17-15(13(2)21-18)10-9-14-7-5-6-8-16(14)17/h5-10,12H,3-4,11H2,1-2H3,(H,20,22). The van der Waals surface area contributed by atoms with E-state index in [1.54, 1.807) is 0 Å². The molecule has 112 valence electrons. The van der Waals surface area contributed by atoms with Gasteiger partial charge in [0.1, 0.15) is 5.69 Å². The summed E-state index contributed by atoms with van der Waals surface area (Å²) in [5.74, 6) is -0.0913. The number of nitrogens with zero attached hydrogens (tertiary/aromatic N) is 1. The Morgan fingerprint density at radius 1 is 1.09 bits per heavy atom. The highest BCUT2D eigenvalue weighted by Crippen LogP contribution is 2.27. The number of amides is 1. The number of pyridine rings is 1. The molecular formula is C19H20N2O. The summed E-state index contributed by atoms with van der Waals surface area (Å²) in [6.45, 7) is 4.76. The summed E-state index contributed by atoms with van der Waals surface area (Å²) in [7, 11) is 0. The molecule has 3 heteroatoms. The normalized spacial score (nSPS) is 11.0. The summed E-state index contributed by atoms with van der Waals surface area (Å²) in [5.41, 5.74) is 1.39. The first-order chi connectivity index (χ1) is 10.7. The van der Waals surface area contributed by atoms with Crippen molar-refractivity contribution >= 4 is 27.5 Å². The lowest BCUT2D eigenvalue weighted by Gasteiger charge is -2.09. The molecule has 0 fully saturated rings. The van der Waals surface area contributed by atoms with Crippen molar-refractivity contribution in [2.24, 2.45) is 0 Å². The number of aromatic nitrogens is 1. The van der Waals surface area contributed by atoms with Crippen LogP contribution in [0.1, 0.15) is 35.9 Å². The first-order valence-corrected chi connectivity index (χ1v) is 7.78. The lowest BCUT2D eigenvalue weighted by Crippen LogP contribution is -2.25. The molecule has 0 spiro atoms. The van der Waals surface area contributed by atoms with Crippen molar-refractivity contribution in [3.63, 3.8) is 0 Å². The van der Waals surface area contributed by atoms with E-state index in [1.165, 1.54) is 5.39 Å². The van der Waals surface area contributed by atoms with Crippen LogP contribution < -0.4 is 5.32 Å². The van der Waals surface area contributed by atoms with E-state index in [9.17, 15) is 4.79 Å². The summed E-state index contributed by atoms with van der Waals surface area (Å²) in [6.07, 6.45) is 2.05. The van der Waals surface area contributed by atoms with Crippen molar-refractivity contribution in [1.29, 1.82) is 0 Å². The fourth-order valence-electron chi connectivity index (χ4n) is 2.76. The van der Waals surface area contributed by atoms with Gasteiger partial charge in [-0.05, 0) is 35.6 Å². The molecule has 2 aromatic carbocycles. The molecule has 0 aliphatic rings. The van der Waals surface area contributed by atoms with Crippen LogP contribution in [0, 0.1) is 6.92 Å². The minimum absolute atomic E-state index is 0.0913. The van der Waals surface area contributed by atoms with Crippen LogP contribution in [-0.4, -0.2) is 17.4 Å². The van der Waals surface area contributed by atoms with Gasteiger partial charge in [0, 0.05) is 17.6 Å². The van der Waals surface area contributed by atoms with Crippen molar-refractivity contribution < 1.29 is 4.79 Å². The van der Waals surface area contributed by atoms with E-state index in [2.05, 4.69) is 41.5 Å². The Bertz CT molecular complexity index is 839. The van der Waals surface area contributed by atoms with Gasteiger partial charge in [-0.3, -0.25) is 4.79 Å². The average Bonchev–Trinajstić information content (AvgIpc) is 2.54. The number of rotatable bonds is 4. The Morgan fingerprint density at radius 3 is 2.73 bits per heavy atom. The van der Waals surface area contributed by atoms with Gasteiger partial charge in [-0.15, -0.1) is 0 Å². The first kappa shape index (κ1) is 14.5. The molecule has 0 saturated carbocycles. The van der Waals surface area contributed by atoms with Crippen LogP contribution >= 0.6 is 0 Å². The van der Waals surface area contributed by atoms with Gasteiger partial charge >= 0.3 is 0 Å². The Morgan fingerprint density at radius 2 is 1.91 bits per heavy atom. The number of carbonyl (C=O) groups is 1. The number of nitrogens with one attached hydrogen (secondary N) is 1. The molecule has 0 atom stereocenters. The molecule has 22 heavy (non-hydrogen) atoms. The number of hydrogen-bond acceptors (Lipinski definition) is 2. The zero-order chi connectivity index (χ0) is 15.5. The van der Waals surface area contributed by atoms with E-state index in [0.717, 1.165) is 34.7 Å². The molecule has 1 N–H and O–H groups in total. The maximum absolute atomic E-state index is 12.3. The average molecular weight is 292 g/mol. The lowest BCUT2D eigenvalue weighted by molar-refractivity contribution is 0.0948.